The van der Waals surface area contributed by atoms with Crippen LogP contribution in [0.15, 0.2) is 0 Å². The number of amides is 2. The first kappa shape index (κ1) is 24.0. The molecular formula is C23H44N2O2. The van der Waals surface area contributed by atoms with Gasteiger partial charge in [-0.2, -0.15) is 0 Å². The maximum atomic E-state index is 12.7. The summed E-state index contributed by atoms with van der Waals surface area (Å²) in [7, 11) is 0. The maximum Gasteiger partial charge on any atom is 0.224 e. The SMILES string of the molecule is CCCCCCCCCCCC(=O)N(CCC(=O)N1CCCC1)C(C)CC. The van der Waals surface area contributed by atoms with Gasteiger partial charge in [-0.1, -0.05) is 65.2 Å². The zero-order valence-electron chi connectivity index (χ0n) is 18.3. The van der Waals surface area contributed by atoms with E-state index in [1.165, 1.54) is 44.9 Å². The number of carbonyl (C=O) groups is 2. The topological polar surface area (TPSA) is 40.6 Å². The maximum absolute atomic E-state index is 12.7. The number of nitrogens with zero attached hydrogens (tertiary/aromatic N) is 2. The molecule has 1 fully saturated rings. The molecule has 1 saturated heterocycles. The van der Waals surface area contributed by atoms with E-state index in [-0.39, 0.29) is 17.9 Å². The average molecular weight is 381 g/mol. The molecule has 158 valence electrons. The van der Waals surface area contributed by atoms with Crippen LogP contribution in [-0.4, -0.2) is 47.3 Å². The Kier molecular flexibility index (Phi) is 13.3. The highest BCUT2D eigenvalue weighted by Crippen LogP contribution is 2.14. The number of unbranched alkanes of at least 4 members (excludes halogenated alkanes) is 8. The van der Waals surface area contributed by atoms with Crippen molar-refractivity contribution >= 4 is 11.8 Å². The minimum absolute atomic E-state index is 0.219. The fourth-order valence-electron chi connectivity index (χ4n) is 3.88. The van der Waals surface area contributed by atoms with Gasteiger partial charge in [-0.25, -0.2) is 0 Å². The van der Waals surface area contributed by atoms with Crippen molar-refractivity contribution in [2.24, 2.45) is 0 Å². The van der Waals surface area contributed by atoms with Gasteiger partial charge in [-0.15, -0.1) is 0 Å². The normalized spacial score (nSPS) is 15.1. The minimum Gasteiger partial charge on any atom is -0.343 e. The van der Waals surface area contributed by atoms with Gasteiger partial charge < -0.3 is 9.80 Å². The van der Waals surface area contributed by atoms with Gasteiger partial charge in [-0.3, -0.25) is 9.59 Å². The van der Waals surface area contributed by atoms with E-state index in [0.717, 1.165) is 45.2 Å². The zero-order valence-corrected chi connectivity index (χ0v) is 18.3. The molecule has 1 atom stereocenters. The Bertz CT molecular complexity index is 405. The van der Waals surface area contributed by atoms with Gasteiger partial charge in [0.15, 0.2) is 0 Å². The summed E-state index contributed by atoms with van der Waals surface area (Å²) in [4.78, 5) is 28.9. The van der Waals surface area contributed by atoms with E-state index in [0.29, 0.717) is 19.4 Å². The molecule has 1 aliphatic rings. The van der Waals surface area contributed by atoms with E-state index in [1.807, 2.05) is 9.80 Å². The molecule has 0 saturated carbocycles. The predicted molar refractivity (Wildman–Crippen MR) is 114 cm³/mol. The Morgan fingerprint density at radius 1 is 0.852 bits per heavy atom. The monoisotopic (exact) mass is 380 g/mol. The first-order valence-corrected chi connectivity index (χ1v) is 11.7. The van der Waals surface area contributed by atoms with Gasteiger partial charge in [-0.05, 0) is 32.6 Å². The zero-order chi connectivity index (χ0) is 19.9. The Balaban J connectivity index is 2.22. The Morgan fingerprint density at radius 3 is 1.96 bits per heavy atom. The molecule has 0 aromatic rings. The van der Waals surface area contributed by atoms with E-state index in [1.54, 1.807) is 0 Å². The number of carbonyl (C=O) groups excluding carboxylic acids is 2. The lowest BCUT2D eigenvalue weighted by Crippen LogP contribution is -2.41. The van der Waals surface area contributed by atoms with E-state index in [2.05, 4.69) is 20.8 Å². The van der Waals surface area contributed by atoms with Crippen molar-refractivity contribution < 1.29 is 9.59 Å². The molecule has 2 amide bonds. The van der Waals surface area contributed by atoms with E-state index in [9.17, 15) is 9.59 Å². The van der Waals surface area contributed by atoms with Crippen molar-refractivity contribution in [2.75, 3.05) is 19.6 Å². The second kappa shape index (κ2) is 14.9. The average Bonchev–Trinajstić information content (AvgIpc) is 3.21. The van der Waals surface area contributed by atoms with Gasteiger partial charge in [0.1, 0.15) is 0 Å². The molecule has 0 spiro atoms. The number of likely N-dealkylation sites (tertiary alicyclic amines) is 1. The molecule has 1 aliphatic heterocycles. The molecule has 1 unspecified atom stereocenters. The molecule has 0 radical (unpaired) electrons. The van der Waals surface area contributed by atoms with Crippen LogP contribution in [0.4, 0.5) is 0 Å². The van der Waals surface area contributed by atoms with Crippen LogP contribution in [0.25, 0.3) is 0 Å². The third-order valence-corrected chi connectivity index (χ3v) is 5.96. The fraction of sp³-hybridized carbons (Fsp3) is 0.913. The standard InChI is InChI=1S/C23H44N2O2/c1-4-6-7-8-9-10-11-12-13-16-23(27)25(21(3)5-2)20-17-22(26)24-18-14-15-19-24/h21H,4-20H2,1-3H3. The van der Waals surface area contributed by atoms with Crippen LogP contribution in [0.2, 0.25) is 0 Å². The lowest BCUT2D eigenvalue weighted by atomic mass is 10.1. The summed E-state index contributed by atoms with van der Waals surface area (Å²) < 4.78 is 0. The van der Waals surface area contributed by atoms with Gasteiger partial charge in [0.05, 0.1) is 0 Å². The van der Waals surface area contributed by atoms with Crippen molar-refractivity contribution in [3.63, 3.8) is 0 Å². The molecule has 1 rings (SSSR count). The van der Waals surface area contributed by atoms with Gasteiger partial charge >= 0.3 is 0 Å². The largest absolute Gasteiger partial charge is 0.343 e. The van der Waals surface area contributed by atoms with Crippen LogP contribution in [0.5, 0.6) is 0 Å². The van der Waals surface area contributed by atoms with E-state index >= 15 is 0 Å². The van der Waals surface area contributed by atoms with Crippen LogP contribution in [0.3, 0.4) is 0 Å². The summed E-state index contributed by atoms with van der Waals surface area (Å²) in [6.07, 6.45) is 15.7. The predicted octanol–water partition coefficient (Wildman–Crippen LogP) is 5.55. The van der Waals surface area contributed by atoms with Crippen LogP contribution in [0.1, 0.15) is 111 Å². The smallest absolute Gasteiger partial charge is 0.224 e. The van der Waals surface area contributed by atoms with Crippen molar-refractivity contribution in [3.8, 4) is 0 Å². The lowest BCUT2D eigenvalue weighted by molar-refractivity contribution is -0.135. The molecule has 0 aromatic heterocycles. The highest BCUT2D eigenvalue weighted by atomic mass is 16.2. The molecule has 0 aliphatic carbocycles. The van der Waals surface area contributed by atoms with Crippen molar-refractivity contribution in [3.05, 3.63) is 0 Å². The molecule has 1 heterocycles. The van der Waals surface area contributed by atoms with Crippen LogP contribution >= 0.6 is 0 Å². The van der Waals surface area contributed by atoms with Gasteiger partial charge in [0, 0.05) is 38.5 Å². The quantitative estimate of drug-likeness (QED) is 0.350. The molecule has 0 bridgehead atoms. The van der Waals surface area contributed by atoms with Crippen molar-refractivity contribution in [2.45, 2.75) is 117 Å². The van der Waals surface area contributed by atoms with E-state index < -0.39 is 0 Å². The first-order chi connectivity index (χ1) is 13.1. The summed E-state index contributed by atoms with van der Waals surface area (Å²) in [6, 6.07) is 0.224. The first-order valence-electron chi connectivity index (χ1n) is 11.7. The second-order valence-electron chi connectivity index (χ2n) is 8.26. The third-order valence-electron chi connectivity index (χ3n) is 5.96. The number of hydrogen-bond acceptors (Lipinski definition) is 2. The van der Waals surface area contributed by atoms with E-state index in [4.69, 9.17) is 0 Å². The fourth-order valence-corrected chi connectivity index (χ4v) is 3.88. The molecule has 27 heavy (non-hydrogen) atoms. The summed E-state index contributed by atoms with van der Waals surface area (Å²) in [5.41, 5.74) is 0. The van der Waals surface area contributed by atoms with Crippen LogP contribution in [-0.2, 0) is 9.59 Å². The van der Waals surface area contributed by atoms with Crippen molar-refractivity contribution in [1.82, 2.24) is 9.80 Å². The Labute approximate surface area is 168 Å². The lowest BCUT2D eigenvalue weighted by Gasteiger charge is -2.29. The summed E-state index contributed by atoms with van der Waals surface area (Å²) in [5.74, 6) is 0.457. The number of hydrogen-bond donors (Lipinski definition) is 0. The molecule has 4 nitrogen and oxygen atoms in total. The molecule has 0 N–H and O–H groups in total. The van der Waals surface area contributed by atoms with Gasteiger partial charge in [0.2, 0.25) is 11.8 Å². The van der Waals surface area contributed by atoms with Crippen molar-refractivity contribution in [1.29, 1.82) is 0 Å². The van der Waals surface area contributed by atoms with Crippen LogP contribution < -0.4 is 0 Å². The summed E-state index contributed by atoms with van der Waals surface area (Å²) >= 11 is 0. The molecule has 0 aromatic carbocycles. The van der Waals surface area contributed by atoms with Gasteiger partial charge in [0.25, 0.3) is 0 Å². The summed E-state index contributed by atoms with van der Waals surface area (Å²) in [5, 5.41) is 0. The summed E-state index contributed by atoms with van der Waals surface area (Å²) in [6.45, 7) is 8.85. The molecule has 4 heteroatoms. The number of rotatable bonds is 15. The minimum atomic E-state index is 0.219. The Hall–Kier alpha value is -1.06. The highest BCUT2D eigenvalue weighted by Gasteiger charge is 2.22. The van der Waals surface area contributed by atoms with Crippen LogP contribution in [0, 0.1) is 0 Å². The second-order valence-corrected chi connectivity index (χ2v) is 8.26. The highest BCUT2D eigenvalue weighted by molar-refractivity contribution is 5.79. The molecular weight excluding hydrogens is 336 g/mol. The Morgan fingerprint density at radius 2 is 1.41 bits per heavy atom. The third kappa shape index (κ3) is 10.2.